The van der Waals surface area contributed by atoms with Crippen LogP contribution in [0.25, 0.3) is 0 Å². The molecule has 0 saturated carbocycles. The van der Waals surface area contributed by atoms with Crippen molar-refractivity contribution in [1.82, 2.24) is 4.90 Å². The maximum Gasteiger partial charge on any atom is 0.141 e. The van der Waals surface area contributed by atoms with Crippen LogP contribution in [0.1, 0.15) is 39.4 Å². The van der Waals surface area contributed by atoms with Crippen molar-refractivity contribution in [3.05, 3.63) is 57.6 Å². The largest absolute Gasteiger partial charge is 0.496 e. The number of methoxy groups -OCH3 is 2. The van der Waals surface area contributed by atoms with Crippen LogP contribution in [0, 0.1) is 18.3 Å². The van der Waals surface area contributed by atoms with E-state index in [1.807, 2.05) is 6.07 Å². The third-order valence-corrected chi connectivity index (χ3v) is 5.58. The van der Waals surface area contributed by atoms with E-state index in [-0.39, 0.29) is 0 Å². The van der Waals surface area contributed by atoms with Crippen LogP contribution in [0.3, 0.4) is 0 Å². The first-order chi connectivity index (χ1) is 12.2. The molecule has 0 aliphatic carbocycles. The second kappa shape index (κ2) is 6.09. The first-order valence-corrected chi connectivity index (χ1v) is 8.66. The van der Waals surface area contributed by atoms with Gasteiger partial charge in [0.1, 0.15) is 17.6 Å². The Morgan fingerprint density at radius 3 is 2.72 bits per heavy atom. The van der Waals surface area contributed by atoms with Crippen LogP contribution in [0.5, 0.6) is 11.5 Å². The molecule has 25 heavy (non-hydrogen) atoms. The first kappa shape index (κ1) is 16.0. The smallest absolute Gasteiger partial charge is 0.141 e. The average Bonchev–Trinajstić information content (AvgIpc) is 2.65. The van der Waals surface area contributed by atoms with Crippen molar-refractivity contribution in [1.29, 1.82) is 5.26 Å². The maximum atomic E-state index is 9.34. The van der Waals surface area contributed by atoms with E-state index in [1.54, 1.807) is 14.2 Å². The normalized spacial score (nSPS) is 18.6. The van der Waals surface area contributed by atoms with E-state index < -0.39 is 0 Å². The van der Waals surface area contributed by atoms with E-state index in [2.05, 4.69) is 36.1 Å². The van der Waals surface area contributed by atoms with E-state index in [9.17, 15) is 5.26 Å². The molecule has 1 atom stereocenters. The fourth-order valence-electron chi connectivity index (χ4n) is 4.31. The highest BCUT2D eigenvalue weighted by Crippen LogP contribution is 2.42. The second-order valence-electron chi connectivity index (χ2n) is 6.86. The summed E-state index contributed by atoms with van der Waals surface area (Å²) in [6.45, 7) is 3.96. The van der Waals surface area contributed by atoms with Gasteiger partial charge in [-0.1, -0.05) is 12.1 Å². The predicted octanol–water partition coefficient (Wildman–Crippen LogP) is 3.54. The Labute approximate surface area is 148 Å². The molecular weight excluding hydrogens is 312 g/mol. The average molecular weight is 334 g/mol. The minimum absolute atomic E-state index is 0.387. The lowest BCUT2D eigenvalue weighted by Gasteiger charge is -2.42. The van der Waals surface area contributed by atoms with Crippen LogP contribution in [-0.4, -0.2) is 25.7 Å². The van der Waals surface area contributed by atoms with Gasteiger partial charge < -0.3 is 9.47 Å². The quantitative estimate of drug-likeness (QED) is 0.843. The monoisotopic (exact) mass is 334 g/mol. The van der Waals surface area contributed by atoms with Crippen LogP contribution in [-0.2, 0) is 19.4 Å². The summed E-state index contributed by atoms with van der Waals surface area (Å²) in [6.07, 6.45) is 1.98. The highest BCUT2D eigenvalue weighted by molar-refractivity contribution is 5.54. The Hall–Kier alpha value is -2.51. The van der Waals surface area contributed by atoms with Crippen molar-refractivity contribution in [2.24, 2.45) is 0 Å². The zero-order valence-corrected chi connectivity index (χ0v) is 14.9. The molecule has 0 unspecified atom stereocenters. The highest BCUT2D eigenvalue weighted by atomic mass is 16.5. The predicted molar refractivity (Wildman–Crippen MR) is 96.0 cm³/mol. The van der Waals surface area contributed by atoms with Gasteiger partial charge in [0, 0.05) is 24.7 Å². The molecule has 2 aromatic rings. The number of hydrogen-bond acceptors (Lipinski definition) is 4. The Morgan fingerprint density at radius 2 is 2.00 bits per heavy atom. The summed E-state index contributed by atoms with van der Waals surface area (Å²) in [5.41, 5.74) is 7.08. The molecule has 2 aliphatic rings. The second-order valence-corrected chi connectivity index (χ2v) is 6.86. The summed E-state index contributed by atoms with van der Waals surface area (Å²) in [4.78, 5) is 2.51. The van der Waals surface area contributed by atoms with Gasteiger partial charge >= 0.3 is 0 Å². The number of aryl methyl sites for hydroxylation is 1. The lowest BCUT2D eigenvalue weighted by molar-refractivity contribution is 0.158. The maximum absolute atomic E-state index is 9.34. The SMILES string of the molecule is COc1cc2c(cc1C)[C@@H]1Cc3ccc(C#N)c(OC)c3CN1CC2. The molecule has 0 radical (unpaired) electrons. The third kappa shape index (κ3) is 2.47. The highest BCUT2D eigenvalue weighted by Gasteiger charge is 2.34. The number of rotatable bonds is 2. The topological polar surface area (TPSA) is 45.5 Å². The van der Waals surface area contributed by atoms with E-state index in [1.165, 1.54) is 27.8 Å². The number of nitrogens with zero attached hydrogens (tertiary/aromatic N) is 2. The molecule has 2 aromatic carbocycles. The molecule has 4 nitrogen and oxygen atoms in total. The van der Waals surface area contributed by atoms with Crippen LogP contribution in [0.15, 0.2) is 24.3 Å². The molecule has 4 rings (SSSR count). The zero-order chi connectivity index (χ0) is 17.6. The van der Waals surface area contributed by atoms with Crippen LogP contribution in [0.4, 0.5) is 0 Å². The summed E-state index contributed by atoms with van der Waals surface area (Å²) in [5.74, 6) is 1.72. The van der Waals surface area contributed by atoms with Crippen molar-refractivity contribution in [2.75, 3.05) is 20.8 Å². The van der Waals surface area contributed by atoms with Crippen LogP contribution in [0.2, 0.25) is 0 Å². The van der Waals surface area contributed by atoms with E-state index in [0.29, 0.717) is 11.6 Å². The van der Waals surface area contributed by atoms with Crippen molar-refractivity contribution < 1.29 is 9.47 Å². The summed E-state index contributed by atoms with van der Waals surface area (Å²) in [6, 6.07) is 11.1. The van der Waals surface area contributed by atoms with Gasteiger partial charge in [0.25, 0.3) is 0 Å². The molecule has 0 fully saturated rings. The number of nitriles is 1. The molecule has 0 amide bonds. The Balaban J connectivity index is 1.78. The molecule has 4 heteroatoms. The molecule has 0 bridgehead atoms. The van der Waals surface area contributed by atoms with Crippen LogP contribution < -0.4 is 9.47 Å². The zero-order valence-electron chi connectivity index (χ0n) is 14.9. The van der Waals surface area contributed by atoms with Crippen molar-refractivity contribution in [3.63, 3.8) is 0 Å². The minimum Gasteiger partial charge on any atom is -0.496 e. The van der Waals surface area contributed by atoms with Gasteiger partial charge in [-0.2, -0.15) is 5.26 Å². The number of fused-ring (bicyclic) bond motifs is 4. The van der Waals surface area contributed by atoms with E-state index in [0.717, 1.165) is 37.4 Å². The first-order valence-electron chi connectivity index (χ1n) is 8.66. The number of ether oxygens (including phenoxy) is 2. The van der Waals surface area contributed by atoms with Gasteiger partial charge in [-0.05, 0) is 54.2 Å². The van der Waals surface area contributed by atoms with Gasteiger partial charge in [-0.3, -0.25) is 4.90 Å². The fourth-order valence-corrected chi connectivity index (χ4v) is 4.31. The summed E-state index contributed by atoms with van der Waals surface area (Å²) >= 11 is 0. The molecule has 0 aromatic heterocycles. The number of hydrogen-bond donors (Lipinski definition) is 0. The van der Waals surface area contributed by atoms with Crippen molar-refractivity contribution in [2.45, 2.75) is 32.4 Å². The van der Waals surface area contributed by atoms with E-state index in [4.69, 9.17) is 9.47 Å². The number of benzene rings is 2. The van der Waals surface area contributed by atoms with Crippen LogP contribution >= 0.6 is 0 Å². The molecule has 2 heterocycles. The molecule has 0 saturated heterocycles. The van der Waals surface area contributed by atoms with Gasteiger partial charge in [-0.15, -0.1) is 0 Å². The lowest BCUT2D eigenvalue weighted by atomic mass is 9.82. The fraction of sp³-hybridized carbons (Fsp3) is 0.381. The Kier molecular flexibility index (Phi) is 3.89. The van der Waals surface area contributed by atoms with Crippen molar-refractivity contribution >= 4 is 0 Å². The lowest BCUT2D eigenvalue weighted by Crippen LogP contribution is -2.39. The van der Waals surface area contributed by atoms with Crippen molar-refractivity contribution in [3.8, 4) is 17.6 Å². The standard InChI is InChI=1S/C21H22N2O2/c1-13-8-17-15(10-20(13)24-2)6-7-23-12-18-14(9-19(17)23)4-5-16(11-22)21(18)25-3/h4-5,8,10,19H,6-7,9,12H2,1-3H3/t19-/m0/s1. The Morgan fingerprint density at radius 1 is 1.16 bits per heavy atom. The molecule has 0 spiro atoms. The van der Waals surface area contributed by atoms with Gasteiger partial charge in [0.05, 0.1) is 19.8 Å². The molecule has 128 valence electrons. The van der Waals surface area contributed by atoms with Gasteiger partial charge in [0.2, 0.25) is 0 Å². The summed E-state index contributed by atoms with van der Waals surface area (Å²) in [7, 11) is 3.39. The molecule has 0 N–H and O–H groups in total. The molecule has 2 aliphatic heterocycles. The third-order valence-electron chi connectivity index (χ3n) is 5.58. The van der Waals surface area contributed by atoms with Gasteiger partial charge in [0.15, 0.2) is 0 Å². The summed E-state index contributed by atoms with van der Waals surface area (Å²) < 4.78 is 11.1. The van der Waals surface area contributed by atoms with Gasteiger partial charge in [-0.25, -0.2) is 0 Å². The summed E-state index contributed by atoms with van der Waals surface area (Å²) in [5, 5.41) is 9.34. The van der Waals surface area contributed by atoms with E-state index >= 15 is 0 Å². The molecular formula is C21H22N2O2. The minimum atomic E-state index is 0.387. The Bertz CT molecular complexity index is 882.